The Bertz CT molecular complexity index is 907. The molecular formula is C21H20ClF3N2O2. The number of rotatable bonds is 1. The average Bonchev–Trinajstić information content (AvgIpc) is 2.69. The third-order valence-corrected chi connectivity index (χ3v) is 5.94. The number of anilines is 1. The highest BCUT2D eigenvalue weighted by atomic mass is 35.5. The summed E-state index contributed by atoms with van der Waals surface area (Å²) in [4.78, 5) is 14.2. The predicted molar refractivity (Wildman–Crippen MR) is 104 cm³/mol. The van der Waals surface area contributed by atoms with E-state index in [0.29, 0.717) is 36.6 Å². The van der Waals surface area contributed by atoms with E-state index < -0.39 is 11.7 Å². The van der Waals surface area contributed by atoms with E-state index in [1.807, 2.05) is 18.2 Å². The number of urea groups is 1. The monoisotopic (exact) mass is 424 g/mol. The standard InChI is InChI=1S/C21H20ClF3N2O2/c22-17-3-1-2-14-8-9-20(29-18(14)17)10-12-27(13-11-20)19(28)26-16-6-4-15(5-7-16)21(23,24)25/h1-7H,8-13H2,(H,26,28). The van der Waals surface area contributed by atoms with Gasteiger partial charge in [-0.1, -0.05) is 23.7 Å². The van der Waals surface area contributed by atoms with E-state index >= 15 is 0 Å². The number of likely N-dealkylation sites (tertiary alicyclic amines) is 1. The molecule has 0 atom stereocenters. The minimum atomic E-state index is -4.40. The highest BCUT2D eigenvalue weighted by Crippen LogP contribution is 2.42. The Morgan fingerprint density at radius 2 is 1.76 bits per heavy atom. The van der Waals surface area contributed by atoms with Crippen molar-refractivity contribution in [2.75, 3.05) is 18.4 Å². The zero-order valence-electron chi connectivity index (χ0n) is 15.6. The normalized spacial score (nSPS) is 18.1. The van der Waals surface area contributed by atoms with E-state index in [2.05, 4.69) is 5.32 Å². The number of alkyl halides is 3. The van der Waals surface area contributed by atoms with E-state index in [9.17, 15) is 18.0 Å². The molecule has 0 unspecified atom stereocenters. The number of carbonyl (C=O) groups excluding carboxylic acids is 1. The molecule has 2 heterocycles. The zero-order chi connectivity index (χ0) is 20.6. The first-order valence-electron chi connectivity index (χ1n) is 9.45. The lowest BCUT2D eigenvalue weighted by Crippen LogP contribution is -2.52. The maximum Gasteiger partial charge on any atom is 0.416 e. The van der Waals surface area contributed by atoms with E-state index in [4.69, 9.17) is 16.3 Å². The van der Waals surface area contributed by atoms with Crippen molar-refractivity contribution in [1.82, 2.24) is 4.90 Å². The number of carbonyl (C=O) groups is 1. The minimum absolute atomic E-state index is 0.325. The summed E-state index contributed by atoms with van der Waals surface area (Å²) < 4.78 is 44.2. The molecule has 154 valence electrons. The van der Waals surface area contributed by atoms with Gasteiger partial charge in [0.25, 0.3) is 0 Å². The quantitative estimate of drug-likeness (QED) is 0.633. The smallest absolute Gasteiger partial charge is 0.416 e. The zero-order valence-corrected chi connectivity index (χ0v) is 16.3. The third-order valence-electron chi connectivity index (χ3n) is 5.64. The Balaban J connectivity index is 1.36. The number of hydrogen-bond acceptors (Lipinski definition) is 2. The van der Waals surface area contributed by atoms with Crippen molar-refractivity contribution in [3.8, 4) is 5.75 Å². The summed E-state index contributed by atoms with van der Waals surface area (Å²) in [7, 11) is 0. The number of hydrogen-bond donors (Lipinski definition) is 1. The Morgan fingerprint density at radius 3 is 2.41 bits per heavy atom. The fourth-order valence-electron chi connectivity index (χ4n) is 3.91. The number of halogens is 4. The summed E-state index contributed by atoms with van der Waals surface area (Å²) in [6.07, 6.45) is -1.29. The number of fused-ring (bicyclic) bond motifs is 1. The summed E-state index contributed by atoms with van der Waals surface area (Å²) in [5.41, 5.74) is 0.357. The molecule has 0 aromatic heterocycles. The first-order chi connectivity index (χ1) is 13.8. The molecule has 2 amide bonds. The van der Waals surface area contributed by atoms with Crippen LogP contribution in [0.2, 0.25) is 5.02 Å². The molecule has 0 bridgehead atoms. The number of para-hydroxylation sites is 1. The van der Waals surface area contributed by atoms with Crippen molar-refractivity contribution in [2.45, 2.75) is 37.5 Å². The Hall–Kier alpha value is -2.41. The molecule has 0 saturated carbocycles. The van der Waals surface area contributed by atoms with E-state index in [1.54, 1.807) is 4.90 Å². The number of aryl methyl sites for hydroxylation is 1. The van der Waals surface area contributed by atoms with E-state index in [1.165, 1.54) is 12.1 Å². The molecule has 4 rings (SSSR count). The molecule has 1 N–H and O–H groups in total. The van der Waals surface area contributed by atoms with Gasteiger partial charge in [0, 0.05) is 31.6 Å². The molecule has 2 aromatic rings. The fraction of sp³-hybridized carbons (Fsp3) is 0.381. The number of benzene rings is 2. The number of nitrogens with zero attached hydrogens (tertiary/aromatic N) is 1. The van der Waals surface area contributed by atoms with Crippen LogP contribution in [0.3, 0.4) is 0 Å². The summed E-state index contributed by atoms with van der Waals surface area (Å²) in [5, 5.41) is 3.27. The molecule has 2 aromatic carbocycles. The molecule has 0 radical (unpaired) electrons. The van der Waals surface area contributed by atoms with Crippen LogP contribution in [0.1, 0.15) is 30.4 Å². The fourth-order valence-corrected chi connectivity index (χ4v) is 4.14. The highest BCUT2D eigenvalue weighted by molar-refractivity contribution is 6.32. The lowest BCUT2D eigenvalue weighted by atomic mass is 9.83. The SMILES string of the molecule is O=C(Nc1ccc(C(F)(F)F)cc1)N1CCC2(CCc3cccc(Cl)c3O2)CC1. The topological polar surface area (TPSA) is 41.6 Å². The Kier molecular flexibility index (Phi) is 5.11. The van der Waals surface area contributed by atoms with Crippen LogP contribution >= 0.6 is 11.6 Å². The van der Waals surface area contributed by atoms with Crippen molar-refractivity contribution in [3.63, 3.8) is 0 Å². The summed E-state index contributed by atoms with van der Waals surface area (Å²) >= 11 is 6.28. The molecule has 8 heteroatoms. The van der Waals surface area contributed by atoms with Gasteiger partial charge in [0.05, 0.1) is 10.6 Å². The molecule has 1 spiro atoms. The van der Waals surface area contributed by atoms with Gasteiger partial charge in [-0.3, -0.25) is 0 Å². The average molecular weight is 425 g/mol. The molecule has 2 aliphatic rings. The van der Waals surface area contributed by atoms with Crippen LogP contribution in [0.25, 0.3) is 0 Å². The number of ether oxygens (including phenoxy) is 1. The van der Waals surface area contributed by atoms with Gasteiger partial charge in [-0.15, -0.1) is 0 Å². The molecule has 1 fully saturated rings. The lowest BCUT2D eigenvalue weighted by molar-refractivity contribution is -0.137. The van der Waals surface area contributed by atoms with Gasteiger partial charge in [0.1, 0.15) is 11.4 Å². The molecule has 1 saturated heterocycles. The van der Waals surface area contributed by atoms with Crippen LogP contribution in [-0.2, 0) is 12.6 Å². The van der Waals surface area contributed by atoms with E-state index in [0.717, 1.165) is 36.3 Å². The number of nitrogens with one attached hydrogen (secondary N) is 1. The van der Waals surface area contributed by atoms with Crippen LogP contribution in [-0.4, -0.2) is 29.6 Å². The summed E-state index contributed by atoms with van der Waals surface area (Å²) in [6, 6.07) is 9.85. The first kappa shape index (κ1) is 19.9. The largest absolute Gasteiger partial charge is 0.485 e. The van der Waals surface area contributed by atoms with Crippen molar-refractivity contribution in [3.05, 3.63) is 58.6 Å². The maximum absolute atomic E-state index is 12.6. The second-order valence-corrected chi connectivity index (χ2v) is 7.91. The lowest BCUT2D eigenvalue weighted by Gasteiger charge is -2.44. The predicted octanol–water partition coefficient (Wildman–Crippen LogP) is 5.75. The highest BCUT2D eigenvalue weighted by Gasteiger charge is 2.41. The van der Waals surface area contributed by atoms with Crippen LogP contribution < -0.4 is 10.1 Å². The van der Waals surface area contributed by atoms with E-state index in [-0.39, 0.29) is 11.6 Å². The first-order valence-corrected chi connectivity index (χ1v) is 9.83. The Morgan fingerprint density at radius 1 is 1.07 bits per heavy atom. The molecule has 2 aliphatic heterocycles. The second-order valence-electron chi connectivity index (χ2n) is 7.51. The van der Waals surface area contributed by atoms with Crippen LogP contribution in [0.15, 0.2) is 42.5 Å². The summed E-state index contributed by atoms with van der Waals surface area (Å²) in [5.74, 6) is 0.739. The van der Waals surface area contributed by atoms with Crippen molar-refractivity contribution < 1.29 is 22.7 Å². The minimum Gasteiger partial charge on any atom is -0.485 e. The van der Waals surface area contributed by atoms with Crippen molar-refractivity contribution in [2.24, 2.45) is 0 Å². The Labute approximate surface area is 171 Å². The van der Waals surface area contributed by atoms with Crippen molar-refractivity contribution in [1.29, 1.82) is 0 Å². The van der Waals surface area contributed by atoms with Crippen LogP contribution in [0, 0.1) is 0 Å². The van der Waals surface area contributed by atoms with Gasteiger partial charge < -0.3 is 15.0 Å². The van der Waals surface area contributed by atoms with Gasteiger partial charge in [0.15, 0.2) is 0 Å². The maximum atomic E-state index is 12.6. The van der Waals surface area contributed by atoms with Crippen LogP contribution in [0.4, 0.5) is 23.7 Å². The second kappa shape index (κ2) is 7.44. The van der Waals surface area contributed by atoms with Gasteiger partial charge >= 0.3 is 12.2 Å². The number of piperidine rings is 1. The summed E-state index contributed by atoms with van der Waals surface area (Å²) in [6.45, 7) is 1.01. The molecule has 29 heavy (non-hydrogen) atoms. The van der Waals surface area contributed by atoms with Gasteiger partial charge in [-0.05, 0) is 48.7 Å². The molecular weight excluding hydrogens is 405 g/mol. The third kappa shape index (κ3) is 4.15. The van der Waals surface area contributed by atoms with Crippen LogP contribution in [0.5, 0.6) is 5.75 Å². The van der Waals surface area contributed by atoms with Crippen molar-refractivity contribution >= 4 is 23.3 Å². The number of amides is 2. The van der Waals surface area contributed by atoms with Gasteiger partial charge in [-0.25, -0.2) is 4.79 Å². The van der Waals surface area contributed by atoms with Gasteiger partial charge in [0.2, 0.25) is 0 Å². The molecule has 0 aliphatic carbocycles. The molecule has 4 nitrogen and oxygen atoms in total. The van der Waals surface area contributed by atoms with Gasteiger partial charge in [-0.2, -0.15) is 13.2 Å².